The van der Waals surface area contributed by atoms with E-state index in [1.807, 2.05) is 0 Å². The summed E-state index contributed by atoms with van der Waals surface area (Å²) in [5.41, 5.74) is 0.476. The molecule has 100 valence electrons. The van der Waals surface area contributed by atoms with Crippen molar-refractivity contribution in [1.82, 2.24) is 10.6 Å². The highest BCUT2D eigenvalue weighted by Gasteiger charge is 2.04. The SMILES string of the molecule is COCCNC(=O)CNCc1ccc(Cl)cc1F. The Morgan fingerprint density at radius 1 is 1.50 bits per heavy atom. The van der Waals surface area contributed by atoms with Crippen LogP contribution in [0.3, 0.4) is 0 Å². The lowest BCUT2D eigenvalue weighted by Gasteiger charge is -2.07. The van der Waals surface area contributed by atoms with Gasteiger partial charge in [-0.05, 0) is 12.1 Å². The molecule has 4 nitrogen and oxygen atoms in total. The molecule has 0 aliphatic carbocycles. The van der Waals surface area contributed by atoms with Gasteiger partial charge >= 0.3 is 0 Å². The molecular formula is C12H16ClFN2O2. The third-order valence-corrected chi connectivity index (χ3v) is 2.48. The molecule has 0 spiro atoms. The standard InChI is InChI=1S/C12H16ClFN2O2/c1-18-5-4-16-12(17)8-15-7-9-2-3-10(13)6-11(9)14/h2-3,6,15H,4-5,7-8H2,1H3,(H,16,17). The molecule has 1 aromatic carbocycles. The van der Waals surface area contributed by atoms with E-state index in [0.29, 0.717) is 23.7 Å². The molecule has 2 N–H and O–H groups in total. The lowest BCUT2D eigenvalue weighted by Crippen LogP contribution is -2.35. The Labute approximate surface area is 110 Å². The average molecular weight is 275 g/mol. The van der Waals surface area contributed by atoms with Crippen molar-refractivity contribution in [1.29, 1.82) is 0 Å². The summed E-state index contributed by atoms with van der Waals surface area (Å²) >= 11 is 5.64. The first-order valence-corrected chi connectivity index (χ1v) is 5.91. The van der Waals surface area contributed by atoms with Crippen molar-refractivity contribution in [2.75, 3.05) is 26.8 Å². The lowest BCUT2D eigenvalue weighted by atomic mass is 10.2. The van der Waals surface area contributed by atoms with Gasteiger partial charge in [0.1, 0.15) is 5.82 Å². The molecule has 0 aromatic heterocycles. The van der Waals surface area contributed by atoms with Gasteiger partial charge in [-0.1, -0.05) is 17.7 Å². The highest BCUT2D eigenvalue weighted by molar-refractivity contribution is 6.30. The van der Waals surface area contributed by atoms with Crippen molar-refractivity contribution in [2.45, 2.75) is 6.54 Å². The Morgan fingerprint density at radius 3 is 2.94 bits per heavy atom. The van der Waals surface area contributed by atoms with Gasteiger partial charge in [0.15, 0.2) is 0 Å². The molecule has 1 amide bonds. The first-order chi connectivity index (χ1) is 8.63. The molecular weight excluding hydrogens is 259 g/mol. The van der Waals surface area contributed by atoms with Crippen LogP contribution in [0.15, 0.2) is 18.2 Å². The number of rotatable bonds is 7. The van der Waals surface area contributed by atoms with Crippen LogP contribution < -0.4 is 10.6 Å². The van der Waals surface area contributed by atoms with E-state index >= 15 is 0 Å². The molecule has 0 heterocycles. The van der Waals surface area contributed by atoms with E-state index in [-0.39, 0.29) is 24.8 Å². The van der Waals surface area contributed by atoms with E-state index in [0.717, 1.165) is 0 Å². The van der Waals surface area contributed by atoms with E-state index in [1.54, 1.807) is 19.2 Å². The van der Waals surface area contributed by atoms with Crippen molar-refractivity contribution >= 4 is 17.5 Å². The first kappa shape index (κ1) is 14.9. The van der Waals surface area contributed by atoms with Crippen LogP contribution in [0.1, 0.15) is 5.56 Å². The fraction of sp³-hybridized carbons (Fsp3) is 0.417. The minimum Gasteiger partial charge on any atom is -0.383 e. The molecule has 0 saturated carbocycles. The van der Waals surface area contributed by atoms with Gasteiger partial charge in [-0.25, -0.2) is 4.39 Å². The van der Waals surface area contributed by atoms with Crippen LogP contribution in [-0.2, 0) is 16.1 Å². The maximum atomic E-state index is 13.4. The van der Waals surface area contributed by atoms with Crippen LogP contribution in [0.5, 0.6) is 0 Å². The molecule has 1 aromatic rings. The van der Waals surface area contributed by atoms with E-state index in [4.69, 9.17) is 16.3 Å². The van der Waals surface area contributed by atoms with Crippen LogP contribution in [0.2, 0.25) is 5.02 Å². The topological polar surface area (TPSA) is 50.4 Å². The summed E-state index contributed by atoms with van der Waals surface area (Å²) in [7, 11) is 1.56. The fourth-order valence-electron chi connectivity index (χ4n) is 1.33. The zero-order chi connectivity index (χ0) is 13.4. The van der Waals surface area contributed by atoms with Gasteiger partial charge < -0.3 is 15.4 Å². The number of methoxy groups -OCH3 is 1. The predicted molar refractivity (Wildman–Crippen MR) is 68.0 cm³/mol. The van der Waals surface area contributed by atoms with E-state index < -0.39 is 0 Å². The van der Waals surface area contributed by atoms with Gasteiger partial charge in [0.05, 0.1) is 13.2 Å². The number of amides is 1. The summed E-state index contributed by atoms with van der Waals surface area (Å²) in [4.78, 5) is 11.3. The Balaban J connectivity index is 2.26. The van der Waals surface area contributed by atoms with Crippen LogP contribution in [0, 0.1) is 5.82 Å². The minimum absolute atomic E-state index is 0.131. The zero-order valence-electron chi connectivity index (χ0n) is 10.1. The number of hydrogen-bond acceptors (Lipinski definition) is 3. The third-order valence-electron chi connectivity index (χ3n) is 2.24. The van der Waals surface area contributed by atoms with E-state index in [2.05, 4.69) is 10.6 Å². The van der Waals surface area contributed by atoms with Crippen LogP contribution in [-0.4, -0.2) is 32.7 Å². The Kier molecular flexibility index (Phi) is 6.64. The van der Waals surface area contributed by atoms with Gasteiger partial charge in [-0.3, -0.25) is 4.79 Å². The predicted octanol–water partition coefficient (Wildman–Crippen LogP) is 1.33. The maximum absolute atomic E-state index is 13.4. The number of hydrogen-bond donors (Lipinski definition) is 2. The fourth-order valence-corrected chi connectivity index (χ4v) is 1.49. The van der Waals surface area contributed by atoms with Gasteiger partial charge in [-0.15, -0.1) is 0 Å². The second-order valence-corrected chi connectivity index (χ2v) is 4.12. The molecule has 0 aliphatic rings. The van der Waals surface area contributed by atoms with Crippen molar-refractivity contribution in [3.63, 3.8) is 0 Å². The minimum atomic E-state index is -0.380. The number of halogens is 2. The van der Waals surface area contributed by atoms with Crippen molar-refractivity contribution in [3.8, 4) is 0 Å². The normalized spacial score (nSPS) is 10.4. The summed E-state index contributed by atoms with van der Waals surface area (Å²) in [6, 6.07) is 4.45. The smallest absolute Gasteiger partial charge is 0.234 e. The Bertz CT molecular complexity index is 402. The molecule has 0 unspecified atom stereocenters. The molecule has 0 saturated heterocycles. The highest BCUT2D eigenvalue weighted by Crippen LogP contribution is 2.14. The number of carbonyl (C=O) groups excluding carboxylic acids is 1. The maximum Gasteiger partial charge on any atom is 0.234 e. The third kappa shape index (κ3) is 5.44. The van der Waals surface area contributed by atoms with E-state index in [9.17, 15) is 9.18 Å². The second kappa shape index (κ2) is 8.02. The monoisotopic (exact) mass is 274 g/mol. The van der Waals surface area contributed by atoms with Crippen LogP contribution in [0.4, 0.5) is 4.39 Å². The van der Waals surface area contributed by atoms with Crippen LogP contribution in [0.25, 0.3) is 0 Å². The molecule has 0 aliphatic heterocycles. The zero-order valence-corrected chi connectivity index (χ0v) is 10.9. The summed E-state index contributed by atoms with van der Waals surface area (Å²) < 4.78 is 18.2. The summed E-state index contributed by atoms with van der Waals surface area (Å²) in [6.45, 7) is 1.34. The van der Waals surface area contributed by atoms with Gasteiger partial charge in [0.2, 0.25) is 5.91 Å². The number of carbonyl (C=O) groups is 1. The van der Waals surface area contributed by atoms with Crippen molar-refractivity contribution < 1.29 is 13.9 Å². The largest absolute Gasteiger partial charge is 0.383 e. The van der Waals surface area contributed by atoms with Crippen LogP contribution >= 0.6 is 11.6 Å². The highest BCUT2D eigenvalue weighted by atomic mass is 35.5. The molecule has 1 rings (SSSR count). The number of benzene rings is 1. The number of ether oxygens (including phenoxy) is 1. The van der Waals surface area contributed by atoms with Crippen molar-refractivity contribution in [2.24, 2.45) is 0 Å². The van der Waals surface area contributed by atoms with E-state index in [1.165, 1.54) is 6.07 Å². The Morgan fingerprint density at radius 2 is 2.28 bits per heavy atom. The summed E-state index contributed by atoms with van der Waals surface area (Å²) in [5.74, 6) is -0.531. The van der Waals surface area contributed by atoms with Gasteiger partial charge in [0, 0.05) is 30.8 Å². The van der Waals surface area contributed by atoms with Gasteiger partial charge in [0.25, 0.3) is 0 Å². The molecule has 0 radical (unpaired) electrons. The summed E-state index contributed by atoms with van der Waals surface area (Å²) in [6.07, 6.45) is 0. The average Bonchev–Trinajstić information content (AvgIpc) is 2.32. The molecule has 0 fully saturated rings. The Hall–Kier alpha value is -1.17. The lowest BCUT2D eigenvalue weighted by molar-refractivity contribution is -0.120. The van der Waals surface area contributed by atoms with Gasteiger partial charge in [-0.2, -0.15) is 0 Å². The molecule has 6 heteroatoms. The molecule has 0 bridgehead atoms. The number of nitrogens with one attached hydrogen (secondary N) is 2. The second-order valence-electron chi connectivity index (χ2n) is 3.68. The van der Waals surface area contributed by atoms with Crippen molar-refractivity contribution in [3.05, 3.63) is 34.6 Å². The molecule has 18 heavy (non-hydrogen) atoms. The summed E-state index contributed by atoms with van der Waals surface area (Å²) in [5, 5.41) is 5.86. The molecule has 0 atom stereocenters. The first-order valence-electron chi connectivity index (χ1n) is 5.53. The quantitative estimate of drug-likeness (QED) is 0.738.